The molecule has 0 fully saturated rings. The topological polar surface area (TPSA) is 76.4 Å². The Bertz CT molecular complexity index is 123. The normalized spacial score (nSPS) is 13.2. The molecule has 0 bridgehead atoms. The molecule has 4 N–H and O–H groups in total. The number of hydrogen-bond acceptors (Lipinski definition) is 5. The fraction of sp³-hybridized carbons (Fsp3) is 1.00. The van der Waals surface area contributed by atoms with Crippen molar-refractivity contribution in [1.29, 1.82) is 0 Å². The minimum atomic E-state index is -1.84. The predicted octanol–water partition coefficient (Wildman–Crippen LogP) is -0.449. The summed E-state index contributed by atoms with van der Waals surface area (Å²) in [6.07, 6.45) is 0.577. The molecule has 0 radical (unpaired) electrons. The lowest BCUT2D eigenvalue weighted by Gasteiger charge is -2.04. The summed E-state index contributed by atoms with van der Waals surface area (Å²) in [4.78, 5) is 0. The van der Waals surface area contributed by atoms with E-state index in [0.29, 0.717) is 19.3 Å². The van der Waals surface area contributed by atoms with Crippen molar-refractivity contribution < 1.29 is 9.19 Å². The van der Waals surface area contributed by atoms with E-state index in [9.17, 15) is 4.57 Å². The lowest BCUT2D eigenvalue weighted by molar-refractivity contribution is 0.210. The third kappa shape index (κ3) is 8.17. The molecule has 5 nitrogen and oxygen atoms in total. The van der Waals surface area contributed by atoms with E-state index in [1.165, 1.54) is 0 Å². The van der Waals surface area contributed by atoms with E-state index in [-0.39, 0.29) is 0 Å². The highest BCUT2D eigenvalue weighted by Gasteiger charge is 1.93. The molecule has 0 aromatic heterocycles. The zero-order chi connectivity index (χ0) is 9.23. The molecule has 0 saturated heterocycles. The second-order valence-corrected chi connectivity index (χ2v) is 3.92. The molecule has 1 unspecified atom stereocenters. The van der Waals surface area contributed by atoms with Gasteiger partial charge in [0.05, 0.1) is 0 Å². The van der Waals surface area contributed by atoms with Gasteiger partial charge in [0.25, 0.3) is 0 Å². The summed E-state index contributed by atoms with van der Waals surface area (Å²) in [7, 11) is -1.84. The average molecular weight is 195 g/mol. The van der Waals surface area contributed by atoms with Crippen LogP contribution in [0, 0.1) is 0 Å². The third-order valence-electron chi connectivity index (χ3n) is 1.20. The summed E-state index contributed by atoms with van der Waals surface area (Å²) in [5.41, 5.74) is 7.88. The second kappa shape index (κ2) is 9.16. The first-order valence-electron chi connectivity index (χ1n) is 4.14. The van der Waals surface area contributed by atoms with Crippen molar-refractivity contribution in [3.05, 3.63) is 0 Å². The van der Waals surface area contributed by atoms with Crippen molar-refractivity contribution in [1.82, 2.24) is 10.8 Å². The first-order valence-corrected chi connectivity index (χ1v) is 5.67. The molecule has 6 heteroatoms. The van der Waals surface area contributed by atoms with Gasteiger partial charge in [-0.15, -0.1) is 0 Å². The van der Waals surface area contributed by atoms with E-state index in [1.807, 2.05) is 6.92 Å². The molecule has 0 aliphatic rings. The van der Waals surface area contributed by atoms with Gasteiger partial charge in [-0.1, -0.05) is 6.92 Å². The minimum Gasteiger partial charge on any atom is -0.329 e. The van der Waals surface area contributed by atoms with Gasteiger partial charge in [-0.3, -0.25) is 4.57 Å². The van der Waals surface area contributed by atoms with Crippen LogP contribution in [0.3, 0.4) is 0 Å². The quantitative estimate of drug-likeness (QED) is 0.278. The number of nitrogens with two attached hydrogens (primary N) is 1. The summed E-state index contributed by atoms with van der Waals surface area (Å²) in [6, 6.07) is 0. The van der Waals surface area contributed by atoms with E-state index in [2.05, 4.69) is 10.8 Å². The number of nitrogens with one attached hydrogen (secondary N) is 2. The van der Waals surface area contributed by atoms with Gasteiger partial charge in [0.2, 0.25) is 8.03 Å². The maximum atomic E-state index is 10.8. The summed E-state index contributed by atoms with van der Waals surface area (Å²) in [6.45, 7) is 4.68. The first-order chi connectivity index (χ1) is 5.81. The first kappa shape index (κ1) is 12.1. The molecular formula is C6H18N3O2P. The average Bonchev–Trinajstić information content (AvgIpc) is 2.10. The van der Waals surface area contributed by atoms with Crippen LogP contribution < -0.4 is 16.5 Å². The molecule has 1 atom stereocenters. The van der Waals surface area contributed by atoms with E-state index in [0.717, 1.165) is 13.1 Å². The van der Waals surface area contributed by atoms with Crippen LogP contribution in [-0.4, -0.2) is 32.3 Å². The SMILES string of the molecule is CC[PH](=O)ONCCNCCN. The fourth-order valence-electron chi connectivity index (χ4n) is 0.570. The van der Waals surface area contributed by atoms with Crippen molar-refractivity contribution in [2.75, 3.05) is 32.3 Å². The Morgan fingerprint density at radius 2 is 2.17 bits per heavy atom. The highest BCUT2D eigenvalue weighted by molar-refractivity contribution is 7.38. The summed E-state index contributed by atoms with van der Waals surface area (Å²) in [5.74, 6) is 0. The predicted molar refractivity (Wildman–Crippen MR) is 50.6 cm³/mol. The zero-order valence-electron chi connectivity index (χ0n) is 7.43. The molecule has 0 aromatic rings. The molecule has 0 aliphatic carbocycles. The van der Waals surface area contributed by atoms with Gasteiger partial charge in [-0.25, -0.2) is 4.62 Å². The highest BCUT2D eigenvalue weighted by Crippen LogP contribution is 2.17. The largest absolute Gasteiger partial charge is 0.329 e. The standard InChI is InChI=1S/C6H18N3O2P/c1-2-12(10)11-9-6-5-8-4-3-7/h8-9,12H,2-7H2,1H3. The summed E-state index contributed by atoms with van der Waals surface area (Å²) >= 11 is 0. The lowest BCUT2D eigenvalue weighted by atomic mass is 10.6. The van der Waals surface area contributed by atoms with E-state index in [4.69, 9.17) is 10.4 Å². The molecule has 0 amide bonds. The zero-order valence-corrected chi connectivity index (χ0v) is 8.43. The van der Waals surface area contributed by atoms with Gasteiger partial charge in [-0.05, 0) is 0 Å². The van der Waals surface area contributed by atoms with Gasteiger partial charge < -0.3 is 11.1 Å². The smallest absolute Gasteiger partial charge is 0.209 e. The van der Waals surface area contributed by atoms with Crippen LogP contribution in [-0.2, 0) is 9.19 Å². The molecule has 0 saturated carbocycles. The maximum absolute atomic E-state index is 10.8. The van der Waals surface area contributed by atoms with E-state index in [1.54, 1.807) is 0 Å². The van der Waals surface area contributed by atoms with Crippen LogP contribution in [0.15, 0.2) is 0 Å². The van der Waals surface area contributed by atoms with Crippen molar-refractivity contribution in [2.24, 2.45) is 5.73 Å². The van der Waals surface area contributed by atoms with Crippen molar-refractivity contribution in [3.8, 4) is 0 Å². The molecule has 0 spiro atoms. The molecule has 0 rings (SSSR count). The number of rotatable bonds is 8. The molecule has 0 aromatic carbocycles. The van der Waals surface area contributed by atoms with E-state index >= 15 is 0 Å². The van der Waals surface area contributed by atoms with Crippen molar-refractivity contribution in [3.63, 3.8) is 0 Å². The van der Waals surface area contributed by atoms with Crippen molar-refractivity contribution >= 4 is 8.03 Å². The summed E-state index contributed by atoms with van der Waals surface area (Å²) in [5, 5.41) is 3.07. The molecule has 12 heavy (non-hydrogen) atoms. The van der Waals surface area contributed by atoms with Crippen LogP contribution in [0.5, 0.6) is 0 Å². The fourth-order valence-corrected chi connectivity index (χ4v) is 0.978. The Labute approximate surface area is 73.9 Å². The molecule has 74 valence electrons. The molecular weight excluding hydrogens is 177 g/mol. The minimum absolute atomic E-state index is 0.577. The van der Waals surface area contributed by atoms with Crippen LogP contribution in [0.1, 0.15) is 6.92 Å². The van der Waals surface area contributed by atoms with Gasteiger partial charge >= 0.3 is 0 Å². The lowest BCUT2D eigenvalue weighted by Crippen LogP contribution is -2.29. The summed E-state index contributed by atoms with van der Waals surface area (Å²) < 4.78 is 15.6. The Hall–Kier alpha value is 0.0700. The van der Waals surface area contributed by atoms with Crippen LogP contribution in [0.4, 0.5) is 0 Å². The maximum Gasteiger partial charge on any atom is 0.209 e. The molecule has 0 aliphatic heterocycles. The van der Waals surface area contributed by atoms with Crippen LogP contribution in [0.2, 0.25) is 0 Å². The van der Waals surface area contributed by atoms with Gasteiger partial charge in [0.1, 0.15) is 0 Å². The molecule has 0 heterocycles. The number of hydroxylamine groups is 1. The second-order valence-electron chi connectivity index (χ2n) is 2.26. The van der Waals surface area contributed by atoms with Crippen LogP contribution >= 0.6 is 8.03 Å². The Morgan fingerprint density at radius 1 is 1.42 bits per heavy atom. The Balaban J connectivity index is 2.95. The van der Waals surface area contributed by atoms with E-state index < -0.39 is 8.03 Å². The van der Waals surface area contributed by atoms with Crippen molar-refractivity contribution in [2.45, 2.75) is 6.92 Å². The van der Waals surface area contributed by atoms with Crippen LogP contribution in [0.25, 0.3) is 0 Å². The Morgan fingerprint density at radius 3 is 2.75 bits per heavy atom. The monoisotopic (exact) mass is 195 g/mol. The van der Waals surface area contributed by atoms with Gasteiger partial charge in [-0.2, -0.15) is 5.48 Å². The number of hydrogen-bond donors (Lipinski definition) is 3. The highest BCUT2D eigenvalue weighted by atomic mass is 31.1. The Kier molecular flexibility index (Phi) is 9.21. The van der Waals surface area contributed by atoms with Gasteiger partial charge in [0.15, 0.2) is 0 Å². The third-order valence-corrected chi connectivity index (χ3v) is 2.15. The van der Waals surface area contributed by atoms with Gasteiger partial charge in [0, 0.05) is 32.3 Å².